The fraction of sp³-hybridized carbons (Fsp3) is 0.318. The molecule has 1 aromatic heterocycles. The molecule has 1 aliphatic rings. The molecular formula is C22H24BrN3O3S2. The molecule has 1 aliphatic heterocycles. The Hall–Kier alpha value is -1.94. The van der Waals surface area contributed by atoms with Crippen LogP contribution in [0.4, 0.5) is 5.13 Å². The third-order valence-electron chi connectivity index (χ3n) is 5.33. The zero-order valence-electron chi connectivity index (χ0n) is 17.2. The van der Waals surface area contributed by atoms with Crippen molar-refractivity contribution in [1.29, 1.82) is 0 Å². The van der Waals surface area contributed by atoms with Gasteiger partial charge in [0.15, 0.2) is 5.13 Å². The van der Waals surface area contributed by atoms with Gasteiger partial charge in [-0.25, -0.2) is 13.4 Å². The Balaban J connectivity index is 1.40. The maximum absolute atomic E-state index is 13.0. The number of hydrogen-bond donors (Lipinski definition) is 0. The van der Waals surface area contributed by atoms with E-state index in [0.29, 0.717) is 42.8 Å². The Bertz CT molecular complexity index is 1120. The van der Waals surface area contributed by atoms with E-state index >= 15 is 0 Å². The average molecular weight is 522 g/mol. The molecule has 0 aliphatic carbocycles. The van der Waals surface area contributed by atoms with Crippen molar-refractivity contribution in [2.24, 2.45) is 0 Å². The van der Waals surface area contributed by atoms with Crippen LogP contribution in [0.1, 0.15) is 16.8 Å². The van der Waals surface area contributed by atoms with Crippen molar-refractivity contribution in [3.8, 4) is 5.75 Å². The Kier molecular flexibility index (Phi) is 6.95. The molecule has 2 heterocycles. The number of sulfonamides is 1. The lowest BCUT2D eigenvalue weighted by molar-refractivity contribution is 0.384. The molecular weight excluding hydrogens is 498 g/mol. The van der Waals surface area contributed by atoms with Crippen LogP contribution in [0.2, 0.25) is 0 Å². The predicted octanol–water partition coefficient (Wildman–Crippen LogP) is 4.15. The molecule has 0 bridgehead atoms. The Morgan fingerprint density at radius 2 is 1.77 bits per heavy atom. The van der Waals surface area contributed by atoms with Crippen LogP contribution in [-0.4, -0.2) is 51.0 Å². The van der Waals surface area contributed by atoms with Gasteiger partial charge in [0.05, 0.1) is 17.7 Å². The zero-order chi connectivity index (χ0) is 21.8. The lowest BCUT2D eigenvalue weighted by Crippen LogP contribution is -2.48. The number of para-hydroxylation sites is 1. The minimum Gasteiger partial charge on any atom is -0.496 e. The summed E-state index contributed by atoms with van der Waals surface area (Å²) < 4.78 is 32.9. The maximum Gasteiger partial charge on any atom is 0.243 e. The summed E-state index contributed by atoms with van der Waals surface area (Å²) in [6, 6.07) is 15.0. The molecule has 0 saturated carbocycles. The first-order chi connectivity index (χ1) is 15.0. The van der Waals surface area contributed by atoms with E-state index in [2.05, 4.69) is 26.2 Å². The van der Waals surface area contributed by atoms with Gasteiger partial charge in [-0.15, -0.1) is 11.3 Å². The largest absolute Gasteiger partial charge is 0.496 e. The van der Waals surface area contributed by atoms with Gasteiger partial charge in [0, 0.05) is 48.9 Å². The van der Waals surface area contributed by atoms with Crippen LogP contribution in [0.15, 0.2) is 58.8 Å². The van der Waals surface area contributed by atoms with Gasteiger partial charge in [0.1, 0.15) is 5.75 Å². The summed E-state index contributed by atoms with van der Waals surface area (Å²) in [4.78, 5) is 7.29. The lowest BCUT2D eigenvalue weighted by atomic mass is 10.1. The fourth-order valence-corrected chi connectivity index (χ4v) is 6.26. The Morgan fingerprint density at radius 1 is 1.06 bits per heavy atom. The van der Waals surface area contributed by atoms with Crippen molar-refractivity contribution in [2.45, 2.75) is 16.6 Å². The molecule has 31 heavy (non-hydrogen) atoms. The van der Waals surface area contributed by atoms with Gasteiger partial charge >= 0.3 is 0 Å². The molecule has 3 aromatic rings. The molecule has 0 spiro atoms. The van der Waals surface area contributed by atoms with E-state index in [-0.39, 0.29) is 0 Å². The van der Waals surface area contributed by atoms with E-state index in [1.54, 1.807) is 34.9 Å². The molecule has 1 fully saturated rings. The summed E-state index contributed by atoms with van der Waals surface area (Å²) >= 11 is 4.99. The van der Waals surface area contributed by atoms with E-state index in [1.165, 1.54) is 0 Å². The van der Waals surface area contributed by atoms with Crippen LogP contribution in [-0.2, 0) is 21.8 Å². The number of benzene rings is 2. The molecule has 0 N–H and O–H groups in total. The number of ether oxygens (including phenoxy) is 1. The van der Waals surface area contributed by atoms with E-state index in [4.69, 9.17) is 9.72 Å². The molecule has 164 valence electrons. The highest BCUT2D eigenvalue weighted by Gasteiger charge is 2.29. The first kappa shape index (κ1) is 22.3. The normalized spacial score (nSPS) is 15.2. The average Bonchev–Trinajstić information content (AvgIpc) is 3.28. The third-order valence-corrected chi connectivity index (χ3v) is 8.84. The highest BCUT2D eigenvalue weighted by molar-refractivity contribution is 9.08. The summed E-state index contributed by atoms with van der Waals surface area (Å²) in [5, 5.41) is 3.71. The number of piperazine rings is 1. The highest BCUT2D eigenvalue weighted by atomic mass is 79.9. The topological polar surface area (TPSA) is 62.7 Å². The molecule has 9 heteroatoms. The van der Waals surface area contributed by atoms with Gasteiger partial charge in [-0.05, 0) is 23.8 Å². The molecule has 4 rings (SSSR count). The smallest absolute Gasteiger partial charge is 0.243 e. The van der Waals surface area contributed by atoms with E-state index < -0.39 is 10.0 Å². The third kappa shape index (κ3) is 4.95. The summed E-state index contributed by atoms with van der Waals surface area (Å²) in [5.74, 6) is 0.861. The first-order valence-corrected chi connectivity index (χ1v) is 13.4. The summed E-state index contributed by atoms with van der Waals surface area (Å²) in [5.41, 5.74) is 3.14. The number of alkyl halides is 1. The van der Waals surface area contributed by atoms with Crippen LogP contribution in [0, 0.1) is 0 Å². The number of aromatic nitrogens is 1. The van der Waals surface area contributed by atoms with Gasteiger partial charge in [-0.3, -0.25) is 0 Å². The van der Waals surface area contributed by atoms with E-state index in [9.17, 15) is 8.42 Å². The molecule has 0 atom stereocenters. The van der Waals surface area contributed by atoms with Gasteiger partial charge in [0.25, 0.3) is 0 Å². The van der Waals surface area contributed by atoms with Gasteiger partial charge in [0.2, 0.25) is 10.0 Å². The minimum absolute atomic E-state index is 0.346. The molecule has 0 amide bonds. The Morgan fingerprint density at radius 3 is 2.45 bits per heavy atom. The molecule has 0 unspecified atom stereocenters. The monoisotopic (exact) mass is 521 g/mol. The molecule has 2 aromatic carbocycles. The van der Waals surface area contributed by atoms with Crippen LogP contribution >= 0.6 is 27.3 Å². The van der Waals surface area contributed by atoms with Crippen molar-refractivity contribution in [1.82, 2.24) is 9.29 Å². The molecule has 0 radical (unpaired) electrons. The first-order valence-electron chi connectivity index (χ1n) is 9.97. The maximum atomic E-state index is 13.0. The zero-order valence-corrected chi connectivity index (χ0v) is 20.4. The number of halogens is 1. The summed E-state index contributed by atoms with van der Waals surface area (Å²) in [6.07, 6.45) is 0.708. The standard InChI is InChI=1S/C22H24BrN3O3S2/c1-29-21-5-3-2-4-18(21)14-19-16-30-22(24-19)25-10-12-26(13-11-25)31(27,28)20-8-6-17(15-23)7-9-20/h2-9,16H,10-15H2,1H3. The molecule has 1 saturated heterocycles. The summed E-state index contributed by atoms with van der Waals surface area (Å²) in [6.45, 7) is 2.15. The fourth-order valence-electron chi connectivity index (χ4n) is 3.59. The lowest BCUT2D eigenvalue weighted by Gasteiger charge is -2.33. The summed E-state index contributed by atoms with van der Waals surface area (Å²) in [7, 11) is -1.80. The van der Waals surface area contributed by atoms with Gasteiger partial charge in [-0.2, -0.15) is 4.31 Å². The van der Waals surface area contributed by atoms with Gasteiger partial charge < -0.3 is 9.64 Å². The number of thiazole rings is 1. The van der Waals surface area contributed by atoms with Crippen molar-refractivity contribution in [3.05, 3.63) is 70.7 Å². The second-order valence-corrected chi connectivity index (χ2v) is 10.6. The van der Waals surface area contributed by atoms with E-state index in [0.717, 1.165) is 27.7 Å². The van der Waals surface area contributed by atoms with E-state index in [1.807, 2.05) is 36.4 Å². The van der Waals surface area contributed by atoms with Crippen LogP contribution in [0.5, 0.6) is 5.75 Å². The number of anilines is 1. The molecule has 6 nitrogen and oxygen atoms in total. The van der Waals surface area contributed by atoms with Crippen molar-refractivity contribution < 1.29 is 13.2 Å². The second kappa shape index (κ2) is 9.68. The van der Waals surface area contributed by atoms with Crippen LogP contribution < -0.4 is 9.64 Å². The SMILES string of the molecule is COc1ccccc1Cc1csc(N2CCN(S(=O)(=O)c3ccc(CBr)cc3)CC2)n1. The van der Waals surface area contributed by atoms with Crippen molar-refractivity contribution in [2.75, 3.05) is 38.2 Å². The predicted molar refractivity (Wildman–Crippen MR) is 128 cm³/mol. The highest BCUT2D eigenvalue weighted by Crippen LogP contribution is 2.27. The number of methoxy groups -OCH3 is 1. The number of nitrogens with zero attached hydrogens (tertiary/aromatic N) is 3. The van der Waals surface area contributed by atoms with Crippen LogP contribution in [0.3, 0.4) is 0 Å². The second-order valence-electron chi connectivity index (χ2n) is 7.28. The number of hydrogen-bond acceptors (Lipinski definition) is 6. The van der Waals surface area contributed by atoms with Crippen molar-refractivity contribution in [3.63, 3.8) is 0 Å². The number of rotatable bonds is 7. The van der Waals surface area contributed by atoms with Gasteiger partial charge in [-0.1, -0.05) is 46.3 Å². The minimum atomic E-state index is -3.48. The Labute approximate surface area is 195 Å². The van der Waals surface area contributed by atoms with Crippen LogP contribution in [0.25, 0.3) is 0 Å². The quantitative estimate of drug-likeness (QED) is 0.437. The van der Waals surface area contributed by atoms with Crippen molar-refractivity contribution >= 4 is 42.4 Å².